The standard InChI is InChI=1S/C12H25NO2/c1-9(15-7)10(14)13-12(5,6)8-11(2,3)4/h9H,8H2,1-7H3,(H,13,14). The van der Waals surface area contributed by atoms with Gasteiger partial charge in [-0.2, -0.15) is 0 Å². The van der Waals surface area contributed by atoms with Crippen LogP contribution in [0.5, 0.6) is 0 Å². The fourth-order valence-corrected chi connectivity index (χ4v) is 1.91. The summed E-state index contributed by atoms with van der Waals surface area (Å²) >= 11 is 0. The second kappa shape index (κ2) is 4.97. The smallest absolute Gasteiger partial charge is 0.249 e. The average molecular weight is 215 g/mol. The number of ether oxygens (including phenoxy) is 1. The molecule has 0 saturated carbocycles. The Bertz CT molecular complexity index is 216. The molecule has 1 unspecified atom stereocenters. The maximum absolute atomic E-state index is 11.6. The van der Waals surface area contributed by atoms with Gasteiger partial charge in [-0.1, -0.05) is 20.8 Å². The van der Waals surface area contributed by atoms with Crippen LogP contribution in [0, 0.1) is 5.41 Å². The van der Waals surface area contributed by atoms with Gasteiger partial charge >= 0.3 is 0 Å². The van der Waals surface area contributed by atoms with Crippen molar-refractivity contribution in [2.75, 3.05) is 7.11 Å². The molecule has 90 valence electrons. The molecule has 0 radical (unpaired) electrons. The minimum Gasteiger partial charge on any atom is -0.372 e. The number of nitrogens with one attached hydrogen (secondary N) is 1. The number of hydrogen-bond acceptors (Lipinski definition) is 2. The van der Waals surface area contributed by atoms with Gasteiger partial charge in [0.1, 0.15) is 6.10 Å². The van der Waals surface area contributed by atoms with Crippen molar-refractivity contribution in [2.45, 2.75) is 59.6 Å². The second-order valence-corrected chi connectivity index (χ2v) is 5.99. The van der Waals surface area contributed by atoms with E-state index < -0.39 is 0 Å². The van der Waals surface area contributed by atoms with E-state index >= 15 is 0 Å². The van der Waals surface area contributed by atoms with Crippen molar-refractivity contribution in [2.24, 2.45) is 5.41 Å². The van der Waals surface area contributed by atoms with Crippen molar-refractivity contribution in [1.29, 1.82) is 0 Å². The Morgan fingerprint density at radius 3 is 2.07 bits per heavy atom. The van der Waals surface area contributed by atoms with Gasteiger partial charge in [0, 0.05) is 12.6 Å². The number of carbonyl (C=O) groups excluding carboxylic acids is 1. The second-order valence-electron chi connectivity index (χ2n) is 5.99. The molecule has 3 nitrogen and oxygen atoms in total. The Morgan fingerprint density at radius 2 is 1.73 bits per heavy atom. The van der Waals surface area contributed by atoms with Gasteiger partial charge in [0.2, 0.25) is 5.91 Å². The predicted octanol–water partition coefficient (Wildman–Crippen LogP) is 2.35. The van der Waals surface area contributed by atoms with Gasteiger partial charge in [0.25, 0.3) is 0 Å². The van der Waals surface area contributed by atoms with Crippen molar-refractivity contribution < 1.29 is 9.53 Å². The Balaban J connectivity index is 4.32. The van der Waals surface area contributed by atoms with Gasteiger partial charge in [-0.25, -0.2) is 0 Å². The Labute approximate surface area is 93.6 Å². The highest BCUT2D eigenvalue weighted by Crippen LogP contribution is 2.26. The Morgan fingerprint density at radius 1 is 1.27 bits per heavy atom. The molecule has 0 aromatic rings. The predicted molar refractivity (Wildman–Crippen MR) is 62.8 cm³/mol. The van der Waals surface area contributed by atoms with E-state index in [1.807, 2.05) is 13.8 Å². The van der Waals surface area contributed by atoms with Crippen LogP contribution in [0.4, 0.5) is 0 Å². The molecule has 1 N–H and O–H groups in total. The summed E-state index contributed by atoms with van der Waals surface area (Å²) in [6.07, 6.45) is 0.548. The van der Waals surface area contributed by atoms with Gasteiger partial charge in [-0.15, -0.1) is 0 Å². The lowest BCUT2D eigenvalue weighted by atomic mass is 9.82. The highest BCUT2D eigenvalue weighted by molar-refractivity contribution is 5.81. The van der Waals surface area contributed by atoms with Crippen LogP contribution in [0.15, 0.2) is 0 Å². The van der Waals surface area contributed by atoms with Crippen molar-refractivity contribution in [3.8, 4) is 0 Å². The zero-order valence-electron chi connectivity index (χ0n) is 11.1. The summed E-state index contributed by atoms with van der Waals surface area (Å²) in [6, 6.07) is 0. The largest absolute Gasteiger partial charge is 0.372 e. The Hall–Kier alpha value is -0.570. The number of carbonyl (C=O) groups is 1. The quantitative estimate of drug-likeness (QED) is 0.781. The molecular weight excluding hydrogens is 190 g/mol. The zero-order chi connectivity index (χ0) is 12.3. The first-order valence-corrected chi connectivity index (χ1v) is 5.42. The lowest BCUT2D eigenvalue weighted by Gasteiger charge is -2.34. The number of hydrogen-bond donors (Lipinski definition) is 1. The van der Waals surface area contributed by atoms with Crippen LogP contribution in [-0.4, -0.2) is 24.7 Å². The zero-order valence-corrected chi connectivity index (χ0v) is 11.1. The fourth-order valence-electron chi connectivity index (χ4n) is 1.91. The van der Waals surface area contributed by atoms with E-state index in [0.29, 0.717) is 0 Å². The van der Waals surface area contributed by atoms with Gasteiger partial charge in [-0.05, 0) is 32.6 Å². The topological polar surface area (TPSA) is 38.3 Å². The van der Waals surface area contributed by atoms with Crippen LogP contribution in [0.25, 0.3) is 0 Å². The molecule has 0 heterocycles. The lowest BCUT2D eigenvalue weighted by molar-refractivity contribution is -0.132. The van der Waals surface area contributed by atoms with Crippen molar-refractivity contribution in [3.63, 3.8) is 0 Å². The molecule has 0 aromatic heterocycles. The van der Waals surface area contributed by atoms with E-state index in [2.05, 4.69) is 26.1 Å². The molecule has 0 fully saturated rings. The van der Waals surface area contributed by atoms with Crippen molar-refractivity contribution >= 4 is 5.91 Å². The third-order valence-electron chi connectivity index (χ3n) is 2.16. The number of methoxy groups -OCH3 is 1. The summed E-state index contributed by atoms with van der Waals surface area (Å²) in [6.45, 7) is 12.3. The molecule has 0 rings (SSSR count). The molecule has 0 aliphatic heterocycles. The summed E-state index contributed by atoms with van der Waals surface area (Å²) in [4.78, 5) is 11.6. The molecule has 0 aromatic carbocycles. The van der Waals surface area contributed by atoms with E-state index in [1.54, 1.807) is 14.0 Å². The molecule has 0 aliphatic rings. The first kappa shape index (κ1) is 14.4. The van der Waals surface area contributed by atoms with Crippen LogP contribution in [0.1, 0.15) is 48.0 Å². The maximum Gasteiger partial charge on any atom is 0.249 e. The molecule has 1 amide bonds. The van der Waals surface area contributed by atoms with E-state index in [0.717, 1.165) is 6.42 Å². The summed E-state index contributed by atoms with van der Waals surface area (Å²) in [7, 11) is 1.54. The lowest BCUT2D eigenvalue weighted by Crippen LogP contribution is -2.49. The Kier molecular flexibility index (Phi) is 4.78. The highest BCUT2D eigenvalue weighted by atomic mass is 16.5. The molecule has 0 saturated heterocycles. The minimum absolute atomic E-state index is 0.0493. The molecule has 1 atom stereocenters. The van der Waals surface area contributed by atoms with Crippen molar-refractivity contribution in [1.82, 2.24) is 5.32 Å². The van der Waals surface area contributed by atoms with Gasteiger partial charge in [0.05, 0.1) is 0 Å². The molecular formula is C12H25NO2. The van der Waals surface area contributed by atoms with E-state index in [9.17, 15) is 4.79 Å². The third-order valence-corrected chi connectivity index (χ3v) is 2.16. The average Bonchev–Trinajstić information content (AvgIpc) is 1.96. The highest BCUT2D eigenvalue weighted by Gasteiger charge is 2.28. The van der Waals surface area contributed by atoms with Gasteiger partial charge in [0.15, 0.2) is 0 Å². The first-order chi connectivity index (χ1) is 6.57. The molecule has 15 heavy (non-hydrogen) atoms. The van der Waals surface area contributed by atoms with Crippen LogP contribution < -0.4 is 5.32 Å². The van der Waals surface area contributed by atoms with Crippen LogP contribution in [-0.2, 0) is 9.53 Å². The third kappa shape index (κ3) is 6.50. The van der Waals surface area contributed by atoms with Crippen LogP contribution in [0.2, 0.25) is 0 Å². The summed E-state index contributed by atoms with van der Waals surface area (Å²) in [5, 5.41) is 3.00. The van der Waals surface area contributed by atoms with Gasteiger partial charge in [-0.3, -0.25) is 4.79 Å². The molecule has 3 heteroatoms. The maximum atomic E-state index is 11.6. The minimum atomic E-state index is -0.385. The van der Waals surface area contributed by atoms with Crippen molar-refractivity contribution in [3.05, 3.63) is 0 Å². The van der Waals surface area contributed by atoms with Gasteiger partial charge < -0.3 is 10.1 Å². The molecule has 0 aliphatic carbocycles. The normalized spacial score (nSPS) is 14.9. The van der Waals surface area contributed by atoms with Crippen LogP contribution in [0.3, 0.4) is 0 Å². The first-order valence-electron chi connectivity index (χ1n) is 5.42. The summed E-state index contributed by atoms with van der Waals surface area (Å²) < 4.78 is 4.98. The monoisotopic (exact) mass is 215 g/mol. The SMILES string of the molecule is COC(C)C(=O)NC(C)(C)CC(C)(C)C. The van der Waals surface area contributed by atoms with Crippen LogP contribution >= 0.6 is 0 Å². The number of amides is 1. The molecule has 0 spiro atoms. The number of rotatable bonds is 4. The van der Waals surface area contributed by atoms with E-state index in [1.165, 1.54) is 0 Å². The van der Waals surface area contributed by atoms with E-state index in [4.69, 9.17) is 4.74 Å². The molecule has 0 bridgehead atoms. The fraction of sp³-hybridized carbons (Fsp3) is 0.917. The summed E-state index contributed by atoms with van der Waals surface area (Å²) in [5.41, 5.74) is 0.00914. The van der Waals surface area contributed by atoms with E-state index in [-0.39, 0.29) is 23.0 Å². The summed E-state index contributed by atoms with van der Waals surface area (Å²) in [5.74, 6) is -0.0493.